The number of ether oxygens (including phenoxy) is 1. The summed E-state index contributed by atoms with van der Waals surface area (Å²) in [4.78, 5) is 13.1. The van der Waals surface area contributed by atoms with Gasteiger partial charge in [0.05, 0.1) is 17.4 Å². The quantitative estimate of drug-likeness (QED) is 0.215. The van der Waals surface area contributed by atoms with Crippen molar-refractivity contribution >= 4 is 11.0 Å². The molecule has 1 heterocycles. The van der Waals surface area contributed by atoms with Crippen LogP contribution < -0.4 is 10.4 Å². The van der Waals surface area contributed by atoms with Crippen LogP contribution in [0.25, 0.3) is 11.0 Å². The van der Waals surface area contributed by atoms with Crippen LogP contribution in [0, 0.1) is 0 Å². The highest BCUT2D eigenvalue weighted by molar-refractivity contribution is 5.84. The number of aromatic hydroxyl groups is 1. The molecule has 4 aromatic carbocycles. The van der Waals surface area contributed by atoms with Crippen LogP contribution in [0.4, 0.5) is 13.2 Å². The van der Waals surface area contributed by atoms with E-state index in [4.69, 9.17) is 9.15 Å². The van der Waals surface area contributed by atoms with Gasteiger partial charge in [0.2, 0.25) is 0 Å². The second-order valence-corrected chi connectivity index (χ2v) is 10.5. The molecule has 0 aliphatic heterocycles. The van der Waals surface area contributed by atoms with Gasteiger partial charge in [-0.3, -0.25) is 0 Å². The van der Waals surface area contributed by atoms with Gasteiger partial charge in [-0.15, -0.1) is 0 Å². The Balaban J connectivity index is 1.21. The van der Waals surface area contributed by atoms with Gasteiger partial charge in [-0.05, 0) is 70.8 Å². The number of benzene rings is 4. The molecule has 4 nitrogen and oxygen atoms in total. The van der Waals surface area contributed by atoms with Crippen LogP contribution in [-0.4, -0.2) is 11.3 Å². The summed E-state index contributed by atoms with van der Waals surface area (Å²) in [5.74, 6) is 0.374. The summed E-state index contributed by atoms with van der Waals surface area (Å²) in [6.45, 7) is 0.238. The zero-order valence-electron chi connectivity index (χ0n) is 22.0. The minimum Gasteiger partial charge on any atom is -0.507 e. The third-order valence-electron chi connectivity index (χ3n) is 7.77. The fraction of sp³-hybridized carbons (Fsp3) is 0.206. The van der Waals surface area contributed by atoms with Crippen molar-refractivity contribution < 1.29 is 27.4 Å². The molecule has 0 fully saturated rings. The summed E-state index contributed by atoms with van der Waals surface area (Å²) in [6.07, 6.45) is -3.77. The zero-order chi connectivity index (χ0) is 28.6. The van der Waals surface area contributed by atoms with Crippen molar-refractivity contribution in [2.75, 3.05) is 0 Å². The van der Waals surface area contributed by atoms with E-state index in [9.17, 15) is 23.1 Å². The number of hydrogen-bond acceptors (Lipinski definition) is 4. The summed E-state index contributed by atoms with van der Waals surface area (Å²) >= 11 is 0. The molecule has 1 N–H and O–H groups in total. The predicted molar refractivity (Wildman–Crippen MR) is 150 cm³/mol. The van der Waals surface area contributed by atoms with Gasteiger partial charge in [0.1, 0.15) is 23.7 Å². The lowest BCUT2D eigenvalue weighted by molar-refractivity contribution is -0.127. The van der Waals surface area contributed by atoms with Gasteiger partial charge < -0.3 is 14.3 Å². The van der Waals surface area contributed by atoms with E-state index < -0.39 is 18.2 Å². The Kier molecular flexibility index (Phi) is 7.03. The van der Waals surface area contributed by atoms with Gasteiger partial charge in [-0.1, -0.05) is 72.8 Å². The molecule has 0 saturated carbocycles. The summed E-state index contributed by atoms with van der Waals surface area (Å²) in [6, 6.07) is 29.0. The van der Waals surface area contributed by atoms with Crippen LogP contribution in [-0.2, 0) is 19.4 Å². The van der Waals surface area contributed by atoms with Crippen molar-refractivity contribution in [3.63, 3.8) is 0 Å². The molecule has 41 heavy (non-hydrogen) atoms. The molecule has 2 unspecified atom stereocenters. The minimum atomic E-state index is -4.23. The van der Waals surface area contributed by atoms with Crippen LogP contribution in [0.5, 0.6) is 11.5 Å². The topological polar surface area (TPSA) is 59.7 Å². The number of rotatable bonds is 6. The average molecular weight is 557 g/mol. The molecule has 208 valence electrons. The van der Waals surface area contributed by atoms with Gasteiger partial charge in [-0.2, -0.15) is 13.2 Å². The molecule has 7 heteroatoms. The van der Waals surface area contributed by atoms with E-state index in [-0.39, 0.29) is 35.3 Å². The number of para-hydroxylation sites is 1. The first-order valence-corrected chi connectivity index (χ1v) is 13.4. The average Bonchev–Trinajstić information content (AvgIpc) is 2.96. The SMILES string of the molecule is O=c1oc2ccccc2c(O)c1C1CC(c2ccc(OCc3ccc(CC(F)(F)F)cc3)cc2)Cc2ccccc21. The van der Waals surface area contributed by atoms with E-state index in [1.165, 1.54) is 12.1 Å². The lowest BCUT2D eigenvalue weighted by Gasteiger charge is -2.32. The Bertz CT molecular complexity index is 1740. The highest BCUT2D eigenvalue weighted by atomic mass is 19.4. The molecular weight excluding hydrogens is 529 g/mol. The number of fused-ring (bicyclic) bond motifs is 2. The van der Waals surface area contributed by atoms with Crippen molar-refractivity contribution in [3.8, 4) is 11.5 Å². The number of hydrogen-bond donors (Lipinski definition) is 1. The summed E-state index contributed by atoms with van der Waals surface area (Å²) in [5.41, 5.74) is 4.32. The van der Waals surface area contributed by atoms with Crippen LogP contribution in [0.15, 0.2) is 106 Å². The lowest BCUT2D eigenvalue weighted by atomic mass is 9.72. The molecule has 6 rings (SSSR count). The highest BCUT2D eigenvalue weighted by Crippen LogP contribution is 2.45. The fourth-order valence-electron chi connectivity index (χ4n) is 5.79. The van der Waals surface area contributed by atoms with Crippen LogP contribution in [0.2, 0.25) is 0 Å². The van der Waals surface area contributed by atoms with Crippen LogP contribution in [0.3, 0.4) is 0 Å². The molecule has 1 aliphatic rings. The van der Waals surface area contributed by atoms with Crippen molar-refractivity contribution in [2.45, 2.75) is 43.9 Å². The Labute approximate surface area is 234 Å². The molecule has 2 atom stereocenters. The molecule has 0 radical (unpaired) electrons. The molecule has 1 aromatic heterocycles. The molecule has 0 amide bonds. The lowest BCUT2D eigenvalue weighted by Crippen LogP contribution is -2.23. The van der Waals surface area contributed by atoms with Gasteiger partial charge in [-0.25, -0.2) is 4.79 Å². The van der Waals surface area contributed by atoms with Crippen LogP contribution >= 0.6 is 0 Å². The Morgan fingerprint density at radius 3 is 2.29 bits per heavy atom. The Morgan fingerprint density at radius 1 is 0.854 bits per heavy atom. The largest absolute Gasteiger partial charge is 0.507 e. The maximum Gasteiger partial charge on any atom is 0.393 e. The van der Waals surface area contributed by atoms with Crippen LogP contribution in [0.1, 0.15) is 51.6 Å². The molecule has 1 aliphatic carbocycles. The summed E-state index contributed by atoms with van der Waals surface area (Å²) in [7, 11) is 0. The summed E-state index contributed by atoms with van der Waals surface area (Å²) in [5, 5.41) is 11.7. The maximum atomic E-state index is 13.1. The predicted octanol–water partition coefficient (Wildman–Crippen LogP) is 8.04. The van der Waals surface area contributed by atoms with E-state index >= 15 is 0 Å². The fourth-order valence-corrected chi connectivity index (χ4v) is 5.79. The first-order chi connectivity index (χ1) is 19.7. The first kappa shape index (κ1) is 26.7. The molecular formula is C34H27F3O4. The van der Waals surface area contributed by atoms with Gasteiger partial charge >= 0.3 is 11.8 Å². The Morgan fingerprint density at radius 2 is 1.54 bits per heavy atom. The van der Waals surface area contributed by atoms with E-state index in [0.717, 1.165) is 28.7 Å². The Hall–Kier alpha value is -4.52. The smallest absolute Gasteiger partial charge is 0.393 e. The van der Waals surface area contributed by atoms with Gasteiger partial charge in [0, 0.05) is 5.92 Å². The third kappa shape index (κ3) is 5.71. The standard InChI is InChI=1S/C34H27F3O4/c35-34(36,37)19-21-9-11-22(12-10-21)20-40-26-15-13-23(14-16-26)25-17-24-5-1-2-6-27(24)29(18-25)31-32(38)28-7-3-4-8-30(28)41-33(31)39/h1-16,25,29,38H,17-20H2. The second-order valence-electron chi connectivity index (χ2n) is 10.5. The molecule has 0 saturated heterocycles. The van der Waals surface area contributed by atoms with Crippen molar-refractivity contribution in [1.82, 2.24) is 0 Å². The van der Waals surface area contributed by atoms with E-state index in [1.807, 2.05) is 42.5 Å². The minimum absolute atomic E-state index is 0.0347. The zero-order valence-corrected chi connectivity index (χ0v) is 22.0. The molecule has 0 spiro atoms. The van der Waals surface area contributed by atoms with Crippen molar-refractivity contribution in [3.05, 3.63) is 141 Å². The van der Waals surface area contributed by atoms with E-state index in [2.05, 4.69) is 6.07 Å². The van der Waals surface area contributed by atoms with E-state index in [0.29, 0.717) is 23.1 Å². The molecule has 5 aromatic rings. The van der Waals surface area contributed by atoms with Gasteiger partial charge in [0.15, 0.2) is 0 Å². The third-order valence-corrected chi connectivity index (χ3v) is 7.77. The summed E-state index contributed by atoms with van der Waals surface area (Å²) < 4.78 is 49.3. The van der Waals surface area contributed by atoms with E-state index in [1.54, 1.807) is 36.4 Å². The normalized spacial score (nSPS) is 16.9. The highest BCUT2D eigenvalue weighted by Gasteiger charge is 2.33. The molecule has 0 bridgehead atoms. The monoisotopic (exact) mass is 556 g/mol. The number of alkyl halides is 3. The van der Waals surface area contributed by atoms with Gasteiger partial charge in [0.25, 0.3) is 0 Å². The van der Waals surface area contributed by atoms with Crippen molar-refractivity contribution in [2.24, 2.45) is 0 Å². The second kappa shape index (κ2) is 10.8. The first-order valence-electron chi connectivity index (χ1n) is 13.4. The maximum absolute atomic E-state index is 13.1. The number of halogens is 3. The van der Waals surface area contributed by atoms with Crippen molar-refractivity contribution in [1.29, 1.82) is 0 Å².